The first-order valence-corrected chi connectivity index (χ1v) is 9.77. The number of hydrogen-bond donors (Lipinski definition) is 3. The summed E-state index contributed by atoms with van der Waals surface area (Å²) < 4.78 is 5.34. The summed E-state index contributed by atoms with van der Waals surface area (Å²) in [7, 11) is 1.44. The molecule has 27 heavy (non-hydrogen) atoms. The van der Waals surface area contributed by atoms with Gasteiger partial charge in [0.1, 0.15) is 5.41 Å². The predicted molar refractivity (Wildman–Crippen MR) is 100 cm³/mol. The highest BCUT2D eigenvalue weighted by molar-refractivity contribution is 5.91. The predicted octanol–water partition coefficient (Wildman–Crippen LogP) is 1.20. The molecule has 1 aliphatic carbocycles. The van der Waals surface area contributed by atoms with Crippen LogP contribution in [0.2, 0.25) is 0 Å². The Labute approximate surface area is 158 Å². The summed E-state index contributed by atoms with van der Waals surface area (Å²) in [6, 6.07) is 7.87. The fourth-order valence-electron chi connectivity index (χ4n) is 6.24. The molecule has 7 atom stereocenters. The second-order valence-electron chi connectivity index (χ2n) is 8.45. The third-order valence-electron chi connectivity index (χ3n) is 7.21. The number of aromatic amines is 1. The quantitative estimate of drug-likeness (QED) is 0.692. The van der Waals surface area contributed by atoms with Crippen molar-refractivity contribution in [1.82, 2.24) is 9.88 Å². The zero-order valence-corrected chi connectivity index (χ0v) is 15.7. The van der Waals surface area contributed by atoms with Gasteiger partial charge in [0.25, 0.3) is 0 Å². The number of para-hydroxylation sites is 1. The number of aliphatic hydroxyl groups excluding tert-OH is 2. The molecule has 2 unspecified atom stereocenters. The van der Waals surface area contributed by atoms with Gasteiger partial charge in [0.05, 0.1) is 19.3 Å². The molecule has 0 amide bonds. The van der Waals surface area contributed by atoms with Crippen LogP contribution in [0.5, 0.6) is 0 Å². The van der Waals surface area contributed by atoms with Crippen LogP contribution in [-0.2, 0) is 21.4 Å². The van der Waals surface area contributed by atoms with Gasteiger partial charge in [-0.15, -0.1) is 0 Å². The number of nitrogens with zero attached hydrogens (tertiary/aromatic N) is 1. The van der Waals surface area contributed by atoms with Crippen molar-refractivity contribution in [3.05, 3.63) is 35.5 Å². The van der Waals surface area contributed by atoms with E-state index in [0.29, 0.717) is 6.42 Å². The van der Waals surface area contributed by atoms with Crippen molar-refractivity contribution in [1.29, 1.82) is 0 Å². The second kappa shape index (κ2) is 5.80. The molecule has 6 nitrogen and oxygen atoms in total. The van der Waals surface area contributed by atoms with E-state index in [1.54, 1.807) is 6.92 Å². The fraction of sp³-hybridized carbons (Fsp3) is 0.571. The molecule has 1 aromatic heterocycles. The standard InChI is InChI=1S/C21H26N2O4/c1-11(24)16-17(25)12-9-21(20(26)27-2)18-14(7-8-23(10-12)19(16)21)13-5-3-4-6-15(13)22-18/h3-6,11-12,16-17,19,22,24-25H,7-10H2,1-2H3/t11-,12+,16-,17?,19-,21+/m0/s1. The molecule has 4 heterocycles. The molecule has 144 valence electrons. The van der Waals surface area contributed by atoms with Gasteiger partial charge in [0, 0.05) is 41.6 Å². The van der Waals surface area contributed by atoms with E-state index in [2.05, 4.69) is 16.0 Å². The maximum absolute atomic E-state index is 13.3. The van der Waals surface area contributed by atoms with Crippen molar-refractivity contribution >= 4 is 16.9 Å². The smallest absolute Gasteiger partial charge is 0.319 e. The lowest BCUT2D eigenvalue weighted by atomic mass is 9.54. The van der Waals surface area contributed by atoms with Gasteiger partial charge in [-0.1, -0.05) is 18.2 Å². The van der Waals surface area contributed by atoms with E-state index in [4.69, 9.17) is 4.74 Å². The Kier molecular flexibility index (Phi) is 3.70. The number of ether oxygens (including phenoxy) is 1. The molecule has 2 aromatic rings. The van der Waals surface area contributed by atoms with E-state index in [1.807, 2.05) is 18.2 Å². The van der Waals surface area contributed by atoms with E-state index >= 15 is 0 Å². The first-order chi connectivity index (χ1) is 13.0. The third-order valence-corrected chi connectivity index (χ3v) is 7.21. The van der Waals surface area contributed by atoms with Gasteiger partial charge in [-0.05, 0) is 37.3 Å². The molecule has 0 spiro atoms. The number of piperidine rings is 2. The van der Waals surface area contributed by atoms with Crippen LogP contribution in [0.15, 0.2) is 24.3 Å². The van der Waals surface area contributed by atoms with Gasteiger partial charge >= 0.3 is 5.97 Å². The van der Waals surface area contributed by atoms with E-state index in [1.165, 1.54) is 12.7 Å². The molecule has 3 fully saturated rings. The Hall–Kier alpha value is -1.89. The summed E-state index contributed by atoms with van der Waals surface area (Å²) in [4.78, 5) is 19.2. The number of carbonyl (C=O) groups is 1. The Morgan fingerprint density at radius 3 is 2.93 bits per heavy atom. The molecule has 3 aliphatic heterocycles. The molecule has 0 radical (unpaired) electrons. The van der Waals surface area contributed by atoms with Crippen molar-refractivity contribution in [2.45, 2.75) is 43.4 Å². The first kappa shape index (κ1) is 17.2. The van der Waals surface area contributed by atoms with E-state index in [0.717, 1.165) is 36.1 Å². The summed E-state index contributed by atoms with van der Waals surface area (Å²) >= 11 is 0. The number of H-pyrrole nitrogens is 1. The number of nitrogens with one attached hydrogen (secondary N) is 1. The maximum atomic E-state index is 13.3. The topological polar surface area (TPSA) is 85.8 Å². The number of aromatic nitrogens is 1. The maximum Gasteiger partial charge on any atom is 0.319 e. The largest absolute Gasteiger partial charge is 0.468 e. The SMILES string of the molecule is COC(=O)[C@]12C[C@@H]3CN(CCc4c1[nH]c1ccccc41)[C@H]2[C@@H]([C@H](C)O)C3O. The highest BCUT2D eigenvalue weighted by Gasteiger charge is 2.66. The van der Waals surface area contributed by atoms with E-state index in [-0.39, 0.29) is 23.8 Å². The molecule has 4 aliphatic rings. The highest BCUT2D eigenvalue weighted by Crippen LogP contribution is 2.55. The van der Waals surface area contributed by atoms with Gasteiger partial charge in [0.15, 0.2) is 0 Å². The zero-order chi connectivity index (χ0) is 18.9. The normalized spacial score (nSPS) is 38.3. The minimum absolute atomic E-state index is 0.0638. The zero-order valence-electron chi connectivity index (χ0n) is 15.7. The van der Waals surface area contributed by atoms with Gasteiger partial charge < -0.3 is 19.9 Å². The van der Waals surface area contributed by atoms with Crippen molar-refractivity contribution in [2.75, 3.05) is 20.2 Å². The van der Waals surface area contributed by atoms with Crippen LogP contribution in [0.4, 0.5) is 0 Å². The molecular formula is C21H26N2O4. The number of aliphatic hydroxyl groups is 2. The van der Waals surface area contributed by atoms with Crippen LogP contribution in [0.25, 0.3) is 10.9 Å². The summed E-state index contributed by atoms with van der Waals surface area (Å²) in [5, 5.41) is 22.6. The lowest BCUT2D eigenvalue weighted by Gasteiger charge is -2.60. The minimum atomic E-state index is -0.886. The van der Waals surface area contributed by atoms with Gasteiger partial charge in [-0.25, -0.2) is 0 Å². The second-order valence-corrected chi connectivity index (χ2v) is 8.45. The number of esters is 1. The molecule has 6 rings (SSSR count). The molecular weight excluding hydrogens is 344 g/mol. The molecule has 2 saturated heterocycles. The van der Waals surface area contributed by atoms with E-state index in [9.17, 15) is 15.0 Å². The summed E-state index contributed by atoms with van der Waals surface area (Å²) in [6.45, 7) is 3.29. The van der Waals surface area contributed by atoms with Gasteiger partial charge in [-0.2, -0.15) is 0 Å². The van der Waals surface area contributed by atoms with Crippen LogP contribution >= 0.6 is 0 Å². The molecule has 3 N–H and O–H groups in total. The van der Waals surface area contributed by atoms with Crippen LogP contribution in [0.1, 0.15) is 24.6 Å². The number of benzene rings is 1. The number of fused-ring (bicyclic) bond motifs is 4. The summed E-state index contributed by atoms with van der Waals surface area (Å²) in [5.41, 5.74) is 2.23. The lowest BCUT2D eigenvalue weighted by molar-refractivity contribution is -0.187. The number of rotatable bonds is 2. The lowest BCUT2D eigenvalue weighted by Crippen LogP contribution is -2.73. The molecule has 4 bridgehead atoms. The summed E-state index contributed by atoms with van der Waals surface area (Å²) in [5.74, 6) is -0.713. The Morgan fingerprint density at radius 1 is 1.41 bits per heavy atom. The average Bonchev–Trinajstić information content (AvgIpc) is 3.01. The highest BCUT2D eigenvalue weighted by atomic mass is 16.5. The average molecular weight is 370 g/mol. The van der Waals surface area contributed by atoms with Crippen LogP contribution in [-0.4, -0.2) is 64.5 Å². The summed E-state index contributed by atoms with van der Waals surface area (Å²) in [6.07, 6.45) is 0.0788. The van der Waals surface area contributed by atoms with Crippen LogP contribution < -0.4 is 0 Å². The van der Waals surface area contributed by atoms with Crippen LogP contribution in [0.3, 0.4) is 0 Å². The number of carbonyl (C=O) groups excluding carboxylic acids is 1. The van der Waals surface area contributed by atoms with Crippen molar-refractivity contribution in [2.24, 2.45) is 11.8 Å². The fourth-order valence-corrected chi connectivity index (χ4v) is 6.24. The first-order valence-electron chi connectivity index (χ1n) is 9.77. The van der Waals surface area contributed by atoms with Crippen LogP contribution in [0, 0.1) is 11.8 Å². The Bertz CT molecular complexity index is 907. The third kappa shape index (κ3) is 2.09. The number of hydrogen-bond acceptors (Lipinski definition) is 5. The Balaban J connectivity index is 1.81. The van der Waals surface area contributed by atoms with Crippen molar-refractivity contribution in [3.63, 3.8) is 0 Å². The van der Waals surface area contributed by atoms with Gasteiger partial charge in [0.2, 0.25) is 0 Å². The Morgan fingerprint density at radius 2 is 2.19 bits per heavy atom. The monoisotopic (exact) mass is 370 g/mol. The molecule has 1 aromatic carbocycles. The van der Waals surface area contributed by atoms with Gasteiger partial charge in [-0.3, -0.25) is 9.69 Å². The number of methoxy groups -OCH3 is 1. The molecule has 1 saturated carbocycles. The molecule has 6 heteroatoms. The van der Waals surface area contributed by atoms with Crippen molar-refractivity contribution < 1.29 is 19.7 Å². The van der Waals surface area contributed by atoms with E-state index < -0.39 is 17.6 Å². The van der Waals surface area contributed by atoms with Crippen molar-refractivity contribution in [3.8, 4) is 0 Å². The minimum Gasteiger partial charge on any atom is -0.468 e.